The van der Waals surface area contributed by atoms with Gasteiger partial charge in [-0.3, -0.25) is 4.79 Å². The molecule has 0 radical (unpaired) electrons. The van der Waals surface area contributed by atoms with Crippen LogP contribution in [0.5, 0.6) is 5.75 Å². The summed E-state index contributed by atoms with van der Waals surface area (Å²) in [6, 6.07) is 14.8. The molecular weight excluding hydrogens is 334 g/mol. The smallest absolute Gasteiger partial charge is 0.193 e. The first-order valence-electron chi connectivity index (χ1n) is 7.94. The van der Waals surface area contributed by atoms with E-state index in [-0.39, 0.29) is 5.78 Å². The Morgan fingerprint density at radius 2 is 1.72 bits per heavy atom. The van der Waals surface area contributed by atoms with Crippen molar-refractivity contribution >= 4 is 17.5 Å². The minimum Gasteiger partial charge on any atom is -0.493 e. The van der Waals surface area contributed by atoms with Crippen LogP contribution < -0.4 is 4.74 Å². The number of hydrogen-bond donors (Lipinski definition) is 0. The lowest BCUT2D eigenvalue weighted by molar-refractivity contribution is 0.103. The van der Waals surface area contributed by atoms with Gasteiger partial charge in [-0.05, 0) is 31.2 Å². The number of hydrogen-bond acceptors (Lipinski definition) is 5. The molecule has 3 aromatic rings. The maximum absolute atomic E-state index is 12.4. The van der Waals surface area contributed by atoms with Gasteiger partial charge in [-0.1, -0.05) is 41.6 Å². The minimum absolute atomic E-state index is 0.0180. The highest BCUT2D eigenvalue weighted by molar-refractivity contribution is 7.99. The molecule has 0 aliphatic heterocycles. The van der Waals surface area contributed by atoms with Crippen molar-refractivity contribution in [1.82, 2.24) is 14.8 Å². The van der Waals surface area contributed by atoms with E-state index in [2.05, 4.69) is 10.2 Å². The average Bonchev–Trinajstić information content (AvgIpc) is 3.04. The molecule has 0 saturated carbocycles. The van der Waals surface area contributed by atoms with Crippen LogP contribution in [0.25, 0.3) is 0 Å². The van der Waals surface area contributed by atoms with E-state index in [0.717, 1.165) is 22.2 Å². The number of carbonyl (C=O) groups excluding carboxylic acids is 1. The maximum atomic E-state index is 12.4. The lowest BCUT2D eigenvalue weighted by Crippen LogP contribution is -2.03. The Morgan fingerprint density at radius 3 is 2.32 bits per heavy atom. The summed E-state index contributed by atoms with van der Waals surface area (Å²) in [4.78, 5) is 12.4. The second-order valence-corrected chi connectivity index (χ2v) is 6.70. The third kappa shape index (κ3) is 4.48. The molecule has 0 bridgehead atoms. The van der Waals surface area contributed by atoms with Crippen molar-refractivity contribution in [3.63, 3.8) is 0 Å². The molecule has 2 aromatic carbocycles. The van der Waals surface area contributed by atoms with E-state index in [0.29, 0.717) is 17.7 Å². The first-order valence-corrected chi connectivity index (χ1v) is 8.93. The molecule has 0 atom stereocenters. The number of carbonyl (C=O) groups is 1. The number of benzene rings is 2. The normalized spacial score (nSPS) is 10.6. The van der Waals surface area contributed by atoms with Gasteiger partial charge in [0.1, 0.15) is 12.1 Å². The first-order chi connectivity index (χ1) is 12.1. The topological polar surface area (TPSA) is 57.0 Å². The number of rotatable bonds is 7. The maximum Gasteiger partial charge on any atom is 0.193 e. The van der Waals surface area contributed by atoms with E-state index >= 15 is 0 Å². The van der Waals surface area contributed by atoms with E-state index in [9.17, 15) is 4.79 Å². The zero-order chi connectivity index (χ0) is 17.6. The van der Waals surface area contributed by atoms with Gasteiger partial charge < -0.3 is 9.30 Å². The molecule has 1 heterocycles. The average molecular weight is 353 g/mol. The molecule has 0 fully saturated rings. The molecule has 0 N–H and O–H groups in total. The van der Waals surface area contributed by atoms with Gasteiger partial charge in [0.2, 0.25) is 0 Å². The van der Waals surface area contributed by atoms with Gasteiger partial charge in [-0.25, -0.2) is 0 Å². The molecule has 5 nitrogen and oxygen atoms in total. The van der Waals surface area contributed by atoms with Crippen molar-refractivity contribution in [1.29, 1.82) is 0 Å². The fraction of sp³-hybridized carbons (Fsp3) is 0.211. The van der Waals surface area contributed by atoms with Gasteiger partial charge in [0.05, 0.1) is 6.61 Å². The molecule has 0 unspecified atom stereocenters. The number of thioether (sulfide) groups is 1. The summed E-state index contributed by atoms with van der Waals surface area (Å²) in [5, 5.41) is 8.71. The molecule has 0 aliphatic carbocycles. The van der Waals surface area contributed by atoms with Crippen molar-refractivity contribution in [3.05, 3.63) is 71.5 Å². The highest BCUT2D eigenvalue weighted by Crippen LogP contribution is 2.17. The molecule has 25 heavy (non-hydrogen) atoms. The largest absolute Gasteiger partial charge is 0.493 e. The van der Waals surface area contributed by atoms with Gasteiger partial charge in [0, 0.05) is 23.9 Å². The molecule has 0 saturated heterocycles. The Hall–Kier alpha value is -2.60. The number of ether oxygens (including phenoxy) is 1. The number of aromatic nitrogens is 3. The Bertz CT molecular complexity index is 842. The zero-order valence-electron chi connectivity index (χ0n) is 14.2. The second-order valence-electron chi connectivity index (χ2n) is 5.64. The van der Waals surface area contributed by atoms with E-state index in [1.807, 2.05) is 54.9 Å². The molecule has 1 aromatic heterocycles. The SMILES string of the molecule is Cc1ccc(C(=O)c2ccc(OCCSc3nncn3C)cc2)cc1. The third-order valence-corrected chi connectivity index (χ3v) is 4.68. The number of aryl methyl sites for hydroxylation is 2. The van der Waals surface area contributed by atoms with Crippen molar-refractivity contribution in [2.75, 3.05) is 12.4 Å². The summed E-state index contributed by atoms with van der Waals surface area (Å²) in [6.45, 7) is 2.56. The first kappa shape index (κ1) is 17.2. The van der Waals surface area contributed by atoms with E-state index < -0.39 is 0 Å². The van der Waals surface area contributed by atoms with E-state index in [4.69, 9.17) is 4.74 Å². The predicted octanol–water partition coefficient (Wildman–Crippen LogP) is 3.53. The molecule has 0 spiro atoms. The van der Waals surface area contributed by atoms with Crippen molar-refractivity contribution in [2.45, 2.75) is 12.1 Å². The standard InChI is InChI=1S/C19H19N3O2S/c1-14-3-5-15(6-4-14)18(23)16-7-9-17(10-8-16)24-11-12-25-19-21-20-13-22(19)2/h3-10,13H,11-12H2,1-2H3. The van der Waals surface area contributed by atoms with Crippen LogP contribution in [-0.2, 0) is 7.05 Å². The number of ketones is 1. The molecule has 0 amide bonds. The lowest BCUT2D eigenvalue weighted by atomic mass is 10.0. The summed E-state index contributed by atoms with van der Waals surface area (Å²) in [6.07, 6.45) is 1.67. The fourth-order valence-electron chi connectivity index (χ4n) is 2.27. The Labute approximate surface area is 151 Å². The van der Waals surface area contributed by atoms with E-state index in [1.54, 1.807) is 30.2 Å². The van der Waals surface area contributed by atoms with Gasteiger partial charge in [-0.2, -0.15) is 0 Å². The fourth-order valence-corrected chi connectivity index (χ4v) is 2.97. The summed E-state index contributed by atoms with van der Waals surface area (Å²) < 4.78 is 7.58. The molecule has 0 aliphatic rings. The van der Waals surface area contributed by atoms with Crippen LogP contribution in [0.2, 0.25) is 0 Å². The van der Waals surface area contributed by atoms with E-state index in [1.165, 1.54) is 0 Å². The zero-order valence-corrected chi connectivity index (χ0v) is 15.0. The van der Waals surface area contributed by atoms with Crippen molar-refractivity contribution in [3.8, 4) is 5.75 Å². The summed E-state index contributed by atoms with van der Waals surface area (Å²) in [7, 11) is 1.91. The summed E-state index contributed by atoms with van der Waals surface area (Å²) >= 11 is 1.59. The van der Waals surface area contributed by atoms with Crippen LogP contribution >= 0.6 is 11.8 Å². The van der Waals surface area contributed by atoms with Crippen molar-refractivity contribution in [2.24, 2.45) is 7.05 Å². The lowest BCUT2D eigenvalue weighted by Gasteiger charge is -2.07. The quantitative estimate of drug-likeness (QED) is 0.369. The monoisotopic (exact) mass is 353 g/mol. The van der Waals surface area contributed by atoms with Gasteiger partial charge in [0.25, 0.3) is 0 Å². The second kappa shape index (κ2) is 7.98. The van der Waals surface area contributed by atoms with Crippen LogP contribution in [0.3, 0.4) is 0 Å². The minimum atomic E-state index is 0.0180. The van der Waals surface area contributed by atoms with Crippen LogP contribution in [0.15, 0.2) is 60.0 Å². The van der Waals surface area contributed by atoms with Crippen LogP contribution in [0.4, 0.5) is 0 Å². The molecule has 3 rings (SSSR count). The third-order valence-electron chi connectivity index (χ3n) is 3.68. The van der Waals surface area contributed by atoms with Crippen molar-refractivity contribution < 1.29 is 9.53 Å². The highest BCUT2D eigenvalue weighted by atomic mass is 32.2. The van der Waals surface area contributed by atoms with Gasteiger partial charge >= 0.3 is 0 Å². The number of nitrogens with zero attached hydrogens (tertiary/aromatic N) is 3. The van der Waals surface area contributed by atoms with Crippen LogP contribution in [-0.4, -0.2) is 32.9 Å². The van der Waals surface area contributed by atoms with Gasteiger partial charge in [-0.15, -0.1) is 10.2 Å². The summed E-state index contributed by atoms with van der Waals surface area (Å²) in [5.74, 6) is 1.54. The highest BCUT2D eigenvalue weighted by Gasteiger charge is 2.09. The van der Waals surface area contributed by atoms with Crippen LogP contribution in [0, 0.1) is 6.92 Å². The molecular formula is C19H19N3O2S. The Morgan fingerprint density at radius 1 is 1.08 bits per heavy atom. The Balaban J connectivity index is 1.52. The van der Waals surface area contributed by atoms with Gasteiger partial charge in [0.15, 0.2) is 10.9 Å². The van der Waals surface area contributed by atoms with Crippen LogP contribution in [0.1, 0.15) is 21.5 Å². The Kier molecular flexibility index (Phi) is 5.50. The summed E-state index contributed by atoms with van der Waals surface area (Å²) in [5.41, 5.74) is 2.49. The molecule has 128 valence electrons. The predicted molar refractivity (Wildman–Crippen MR) is 98.3 cm³/mol. The molecule has 6 heteroatoms.